The van der Waals surface area contributed by atoms with Crippen molar-refractivity contribution in [2.45, 2.75) is 69.7 Å². The van der Waals surface area contributed by atoms with Gasteiger partial charge in [-0.05, 0) is 98.2 Å². The SMILES string of the molecule is O=C(CCC/C=C\C[C@@H]1[C@@H](CC[C@@H](O)Cc2ccccc2)[C@H](O)C[C@@H]1O)Oc1ccc(-c2cc(=S)ss2)cc1. The molecule has 3 aromatic rings. The molecule has 0 bridgehead atoms. The molecule has 5 nitrogen and oxygen atoms in total. The molecule has 1 saturated carbocycles. The number of carbonyl (C=O) groups is 1. The first-order valence-electron chi connectivity index (χ1n) is 13.5. The number of aliphatic hydroxyl groups excluding tert-OH is 3. The molecule has 0 amide bonds. The molecule has 5 atom stereocenters. The molecule has 0 spiro atoms. The Morgan fingerprint density at radius 1 is 1.03 bits per heavy atom. The van der Waals surface area contributed by atoms with Crippen LogP contribution in [-0.4, -0.2) is 39.6 Å². The fraction of sp³-hybridized carbons (Fsp3) is 0.419. The molecule has 39 heavy (non-hydrogen) atoms. The fourth-order valence-corrected chi connectivity index (χ4v) is 7.66. The maximum absolute atomic E-state index is 12.2. The Bertz CT molecular complexity index is 1250. The van der Waals surface area contributed by atoms with Gasteiger partial charge in [0.2, 0.25) is 0 Å². The van der Waals surface area contributed by atoms with E-state index in [0.29, 0.717) is 50.7 Å². The van der Waals surface area contributed by atoms with Crippen LogP contribution in [0.25, 0.3) is 10.4 Å². The van der Waals surface area contributed by atoms with E-state index in [-0.39, 0.29) is 17.8 Å². The Kier molecular flexibility index (Phi) is 11.4. The predicted molar refractivity (Wildman–Crippen MR) is 161 cm³/mol. The second kappa shape index (κ2) is 15.0. The second-order valence-electron chi connectivity index (χ2n) is 10.2. The van der Waals surface area contributed by atoms with Crippen molar-refractivity contribution >= 4 is 38.9 Å². The molecule has 4 rings (SSSR count). The molecule has 208 valence electrons. The summed E-state index contributed by atoms with van der Waals surface area (Å²) in [5.74, 6) is 0.216. The van der Waals surface area contributed by atoms with Gasteiger partial charge >= 0.3 is 5.97 Å². The van der Waals surface area contributed by atoms with Crippen LogP contribution in [0.1, 0.15) is 50.5 Å². The predicted octanol–water partition coefficient (Wildman–Crippen LogP) is 6.97. The summed E-state index contributed by atoms with van der Waals surface area (Å²) in [6.07, 6.45) is 7.20. The van der Waals surface area contributed by atoms with E-state index < -0.39 is 18.3 Å². The molecule has 0 aliphatic heterocycles. The number of rotatable bonds is 13. The number of aliphatic hydroxyl groups is 3. The molecular formula is C31H36O5S3. The highest BCUT2D eigenvalue weighted by Gasteiger charge is 2.40. The summed E-state index contributed by atoms with van der Waals surface area (Å²) in [4.78, 5) is 13.4. The van der Waals surface area contributed by atoms with Crippen LogP contribution >= 0.6 is 32.9 Å². The van der Waals surface area contributed by atoms with Crippen molar-refractivity contribution in [2.75, 3.05) is 0 Å². The number of unbranched alkanes of at least 4 members (excludes halogenated alkanes) is 1. The van der Waals surface area contributed by atoms with E-state index in [9.17, 15) is 20.1 Å². The number of hydrogen-bond donors (Lipinski definition) is 3. The van der Waals surface area contributed by atoms with Gasteiger partial charge in [0.25, 0.3) is 0 Å². The van der Waals surface area contributed by atoms with E-state index in [0.717, 1.165) is 26.2 Å². The molecule has 1 aliphatic rings. The van der Waals surface area contributed by atoms with Crippen molar-refractivity contribution < 1.29 is 24.9 Å². The summed E-state index contributed by atoms with van der Waals surface area (Å²) in [5.41, 5.74) is 2.15. The van der Waals surface area contributed by atoms with Gasteiger partial charge in [-0.3, -0.25) is 4.79 Å². The van der Waals surface area contributed by atoms with Gasteiger partial charge in [-0.25, -0.2) is 0 Å². The number of hydrogen-bond acceptors (Lipinski definition) is 8. The van der Waals surface area contributed by atoms with Gasteiger partial charge in [0.05, 0.1) is 18.3 Å². The van der Waals surface area contributed by atoms with E-state index in [1.54, 1.807) is 32.8 Å². The van der Waals surface area contributed by atoms with Crippen LogP contribution < -0.4 is 4.74 Å². The van der Waals surface area contributed by atoms with Gasteiger partial charge < -0.3 is 20.1 Å². The Labute approximate surface area is 242 Å². The van der Waals surface area contributed by atoms with Gasteiger partial charge in [0.15, 0.2) is 0 Å². The van der Waals surface area contributed by atoms with E-state index >= 15 is 0 Å². The summed E-state index contributed by atoms with van der Waals surface area (Å²) in [6, 6.07) is 19.4. The highest BCUT2D eigenvalue weighted by molar-refractivity contribution is 7.80. The van der Waals surface area contributed by atoms with Crippen LogP contribution in [0.2, 0.25) is 0 Å². The van der Waals surface area contributed by atoms with Gasteiger partial charge in [0, 0.05) is 11.3 Å². The van der Waals surface area contributed by atoms with Crippen molar-refractivity contribution in [1.29, 1.82) is 0 Å². The molecule has 0 radical (unpaired) electrons. The highest BCUT2D eigenvalue weighted by Crippen LogP contribution is 2.38. The minimum absolute atomic E-state index is 0.0271. The molecular weight excluding hydrogens is 549 g/mol. The summed E-state index contributed by atoms with van der Waals surface area (Å²) in [5, 5.41) is 31.5. The minimum Gasteiger partial charge on any atom is -0.427 e. The summed E-state index contributed by atoms with van der Waals surface area (Å²) in [6.45, 7) is 0. The molecule has 0 saturated heterocycles. The molecule has 8 heteroatoms. The first-order chi connectivity index (χ1) is 18.9. The quantitative estimate of drug-likeness (QED) is 0.0502. The van der Waals surface area contributed by atoms with Crippen molar-refractivity contribution in [1.82, 2.24) is 0 Å². The lowest BCUT2D eigenvalue weighted by atomic mass is 9.85. The van der Waals surface area contributed by atoms with Crippen LogP contribution in [0, 0.1) is 15.7 Å². The molecule has 2 aromatic carbocycles. The molecule has 1 fully saturated rings. The topological polar surface area (TPSA) is 87.0 Å². The Morgan fingerprint density at radius 2 is 1.77 bits per heavy atom. The summed E-state index contributed by atoms with van der Waals surface area (Å²) in [7, 11) is 3.21. The second-order valence-corrected chi connectivity index (χ2v) is 13.1. The standard InChI is InChI=1S/C31H36O5S3/c32-23(18-21-8-4-3-5-9-21)14-17-26-25(27(33)19-28(26)34)10-6-1-2-7-11-30(35)36-24-15-12-22(13-16-24)29-20-31(37)39-38-29/h1,3-6,8-9,12-13,15-16,20,23,25-28,32-34H,2,7,10-11,14,17-19H2/b6-1-/t23-,25-,26-,27+,28-/m1/s1. The third kappa shape index (κ3) is 9.17. The monoisotopic (exact) mass is 584 g/mol. The normalized spacial score (nSPS) is 21.8. The lowest BCUT2D eigenvalue weighted by molar-refractivity contribution is -0.134. The number of esters is 1. The van der Waals surface area contributed by atoms with Crippen molar-refractivity contribution in [3.63, 3.8) is 0 Å². The van der Waals surface area contributed by atoms with Crippen LogP contribution in [-0.2, 0) is 11.2 Å². The Morgan fingerprint density at radius 3 is 2.49 bits per heavy atom. The number of allylic oxidation sites excluding steroid dienone is 2. The first kappa shape index (κ1) is 29.8. The van der Waals surface area contributed by atoms with Gasteiger partial charge in [-0.15, -0.1) is 0 Å². The lowest BCUT2D eigenvalue weighted by Gasteiger charge is -2.23. The average molecular weight is 585 g/mol. The van der Waals surface area contributed by atoms with Crippen LogP contribution in [0.5, 0.6) is 5.75 Å². The van der Waals surface area contributed by atoms with Crippen LogP contribution in [0.3, 0.4) is 0 Å². The summed E-state index contributed by atoms with van der Waals surface area (Å²) < 4.78 is 6.33. The van der Waals surface area contributed by atoms with E-state index in [1.807, 2.05) is 60.7 Å². The summed E-state index contributed by atoms with van der Waals surface area (Å²) >= 11 is 5.19. The van der Waals surface area contributed by atoms with Crippen LogP contribution in [0.15, 0.2) is 72.8 Å². The lowest BCUT2D eigenvalue weighted by Crippen LogP contribution is -2.24. The molecule has 3 N–H and O–H groups in total. The average Bonchev–Trinajstić information content (AvgIpc) is 3.47. The van der Waals surface area contributed by atoms with E-state index in [4.69, 9.17) is 17.0 Å². The third-order valence-electron chi connectivity index (χ3n) is 7.33. The van der Waals surface area contributed by atoms with Crippen molar-refractivity contribution in [3.8, 4) is 16.2 Å². The zero-order chi connectivity index (χ0) is 27.6. The number of carbonyl (C=O) groups excluding carboxylic acids is 1. The zero-order valence-electron chi connectivity index (χ0n) is 21.9. The van der Waals surface area contributed by atoms with Gasteiger partial charge in [-0.1, -0.05) is 75.4 Å². The Hall–Kier alpha value is -2.20. The van der Waals surface area contributed by atoms with E-state index in [2.05, 4.69) is 0 Å². The number of ether oxygens (including phenoxy) is 1. The first-order valence-corrected chi connectivity index (χ1v) is 16.1. The van der Waals surface area contributed by atoms with Gasteiger partial charge in [-0.2, -0.15) is 0 Å². The smallest absolute Gasteiger partial charge is 0.311 e. The van der Waals surface area contributed by atoms with Crippen LogP contribution in [0.4, 0.5) is 0 Å². The van der Waals surface area contributed by atoms with Crippen molar-refractivity contribution in [3.05, 3.63) is 82.2 Å². The molecule has 1 aromatic heterocycles. The van der Waals surface area contributed by atoms with Crippen molar-refractivity contribution in [2.24, 2.45) is 11.8 Å². The minimum atomic E-state index is -0.545. The maximum Gasteiger partial charge on any atom is 0.311 e. The largest absolute Gasteiger partial charge is 0.427 e. The fourth-order valence-electron chi connectivity index (χ4n) is 5.26. The molecule has 1 heterocycles. The number of benzene rings is 2. The zero-order valence-corrected chi connectivity index (χ0v) is 24.3. The van der Waals surface area contributed by atoms with E-state index in [1.165, 1.54) is 0 Å². The third-order valence-corrected chi connectivity index (χ3v) is 10.2. The molecule has 0 unspecified atom stereocenters. The molecule has 1 aliphatic carbocycles. The Balaban J connectivity index is 1.15. The highest BCUT2D eigenvalue weighted by atomic mass is 32.9. The maximum atomic E-state index is 12.2. The van der Waals surface area contributed by atoms with Gasteiger partial charge in [0.1, 0.15) is 9.57 Å².